The maximum absolute atomic E-state index is 9.51. The fourth-order valence-corrected chi connectivity index (χ4v) is 4.43. The normalized spacial score (nSPS) is 20.9. The highest BCUT2D eigenvalue weighted by atomic mass is 14.8. The zero-order chi connectivity index (χ0) is 17.1. The molecule has 1 aromatic carbocycles. The van der Waals surface area contributed by atoms with Crippen LogP contribution in [-0.4, -0.2) is 9.97 Å². The number of aromatic nitrogens is 2. The van der Waals surface area contributed by atoms with Crippen LogP contribution < -0.4 is 0 Å². The van der Waals surface area contributed by atoms with E-state index in [1.54, 1.807) is 6.20 Å². The fraction of sp³-hybridized carbons (Fsp3) is 0.364. The van der Waals surface area contributed by atoms with E-state index >= 15 is 0 Å². The highest BCUT2D eigenvalue weighted by Gasteiger charge is 2.28. The molecule has 2 atom stereocenters. The van der Waals surface area contributed by atoms with E-state index < -0.39 is 0 Å². The second-order valence-electron chi connectivity index (χ2n) is 7.13. The van der Waals surface area contributed by atoms with Crippen molar-refractivity contribution in [3.05, 3.63) is 65.5 Å². The van der Waals surface area contributed by atoms with E-state index in [9.17, 15) is 5.26 Å². The van der Waals surface area contributed by atoms with Crippen molar-refractivity contribution in [2.24, 2.45) is 5.92 Å². The van der Waals surface area contributed by atoms with Crippen LogP contribution in [0.15, 0.2) is 48.8 Å². The van der Waals surface area contributed by atoms with Gasteiger partial charge in [0.2, 0.25) is 0 Å². The number of H-pyrrole nitrogens is 1. The molecular weight excluding hydrogens is 306 g/mol. The molecule has 0 radical (unpaired) electrons. The Labute approximate surface area is 148 Å². The third-order valence-corrected chi connectivity index (χ3v) is 5.63. The zero-order valence-electron chi connectivity index (χ0n) is 14.4. The first-order chi connectivity index (χ1) is 12.4. The van der Waals surface area contributed by atoms with E-state index in [0.717, 1.165) is 23.0 Å². The molecule has 0 spiro atoms. The Hall–Kier alpha value is -2.60. The van der Waals surface area contributed by atoms with Crippen LogP contribution in [0, 0.1) is 17.2 Å². The first-order valence-electron chi connectivity index (χ1n) is 9.27. The number of aromatic amines is 1. The molecular formula is C22H23N3. The quantitative estimate of drug-likeness (QED) is 0.659. The molecule has 0 bridgehead atoms. The first-order valence-corrected chi connectivity index (χ1v) is 9.27. The molecule has 4 rings (SSSR count). The van der Waals surface area contributed by atoms with Crippen LogP contribution in [0.1, 0.15) is 54.7 Å². The van der Waals surface area contributed by atoms with Crippen molar-refractivity contribution in [1.29, 1.82) is 5.26 Å². The number of hydrogen-bond donors (Lipinski definition) is 1. The fourth-order valence-electron chi connectivity index (χ4n) is 4.43. The van der Waals surface area contributed by atoms with Gasteiger partial charge in [0.25, 0.3) is 0 Å². The number of benzene rings is 1. The summed E-state index contributed by atoms with van der Waals surface area (Å²) >= 11 is 0. The second-order valence-corrected chi connectivity index (χ2v) is 7.13. The SMILES string of the molecule is N#Cc1c[nH]c2nccc(C3CCCCCC3Cc3ccccc3)c12. The van der Waals surface area contributed by atoms with Crippen molar-refractivity contribution in [3.8, 4) is 6.07 Å². The Morgan fingerprint density at radius 3 is 2.76 bits per heavy atom. The highest BCUT2D eigenvalue weighted by Crippen LogP contribution is 2.41. The van der Waals surface area contributed by atoms with Gasteiger partial charge in [0.1, 0.15) is 11.7 Å². The van der Waals surface area contributed by atoms with E-state index in [2.05, 4.69) is 52.4 Å². The molecule has 2 aromatic heterocycles. The molecule has 2 heterocycles. The standard InChI is InChI=1S/C22H23N3/c23-14-18-15-25-22-21(18)20(11-12-24-22)19-10-6-2-5-9-17(19)13-16-7-3-1-4-8-16/h1,3-4,7-8,11-12,15,17,19H,2,5-6,9-10,13H2,(H,24,25). The number of nitriles is 1. The van der Waals surface area contributed by atoms with Gasteiger partial charge in [-0.15, -0.1) is 0 Å². The third kappa shape index (κ3) is 3.17. The average molecular weight is 329 g/mol. The van der Waals surface area contributed by atoms with Gasteiger partial charge in [-0.25, -0.2) is 4.98 Å². The molecule has 2 unspecified atom stereocenters. The largest absolute Gasteiger partial charge is 0.345 e. The predicted octanol–water partition coefficient (Wildman–Crippen LogP) is 5.34. The predicted molar refractivity (Wildman–Crippen MR) is 100 cm³/mol. The highest BCUT2D eigenvalue weighted by molar-refractivity contribution is 5.86. The number of nitrogens with zero attached hydrogens (tertiary/aromatic N) is 2. The van der Waals surface area contributed by atoms with E-state index in [0.29, 0.717) is 11.8 Å². The third-order valence-electron chi connectivity index (χ3n) is 5.63. The summed E-state index contributed by atoms with van der Waals surface area (Å²) in [7, 11) is 0. The van der Waals surface area contributed by atoms with Crippen LogP contribution in [0.25, 0.3) is 11.0 Å². The van der Waals surface area contributed by atoms with E-state index in [4.69, 9.17) is 0 Å². The summed E-state index contributed by atoms with van der Waals surface area (Å²) in [5.74, 6) is 1.12. The van der Waals surface area contributed by atoms with Crippen molar-refractivity contribution in [1.82, 2.24) is 9.97 Å². The summed E-state index contributed by atoms with van der Waals surface area (Å²) in [5.41, 5.74) is 4.29. The maximum atomic E-state index is 9.51. The number of rotatable bonds is 3. The molecule has 25 heavy (non-hydrogen) atoms. The van der Waals surface area contributed by atoms with Crippen LogP contribution in [0.4, 0.5) is 0 Å². The lowest BCUT2D eigenvalue weighted by atomic mass is 9.78. The lowest BCUT2D eigenvalue weighted by molar-refractivity contribution is 0.398. The van der Waals surface area contributed by atoms with Crippen molar-refractivity contribution < 1.29 is 0 Å². The van der Waals surface area contributed by atoms with Crippen molar-refractivity contribution in [3.63, 3.8) is 0 Å². The summed E-state index contributed by atoms with van der Waals surface area (Å²) in [6, 6.07) is 15.3. The summed E-state index contributed by atoms with van der Waals surface area (Å²) in [6.45, 7) is 0. The van der Waals surface area contributed by atoms with E-state index in [1.165, 1.54) is 43.2 Å². The van der Waals surface area contributed by atoms with Gasteiger partial charge in [-0.2, -0.15) is 5.26 Å². The topological polar surface area (TPSA) is 52.5 Å². The molecule has 1 N–H and O–H groups in total. The second kappa shape index (κ2) is 7.11. The minimum Gasteiger partial charge on any atom is -0.345 e. The van der Waals surface area contributed by atoms with Crippen molar-refractivity contribution in [2.75, 3.05) is 0 Å². The van der Waals surface area contributed by atoms with Gasteiger partial charge < -0.3 is 4.98 Å². The Balaban J connectivity index is 1.75. The van der Waals surface area contributed by atoms with Gasteiger partial charge in [0.15, 0.2) is 0 Å². The van der Waals surface area contributed by atoms with Crippen LogP contribution >= 0.6 is 0 Å². The Morgan fingerprint density at radius 1 is 1.08 bits per heavy atom. The zero-order valence-corrected chi connectivity index (χ0v) is 14.4. The molecule has 0 amide bonds. The van der Waals surface area contributed by atoms with Crippen LogP contribution in [0.2, 0.25) is 0 Å². The molecule has 3 nitrogen and oxygen atoms in total. The van der Waals surface area contributed by atoms with Crippen molar-refractivity contribution in [2.45, 2.75) is 44.4 Å². The minimum absolute atomic E-state index is 0.496. The number of pyridine rings is 1. The number of hydrogen-bond acceptors (Lipinski definition) is 2. The summed E-state index contributed by atoms with van der Waals surface area (Å²) in [6.07, 6.45) is 11.1. The number of fused-ring (bicyclic) bond motifs is 1. The average Bonchev–Trinajstić information content (AvgIpc) is 2.95. The van der Waals surface area contributed by atoms with E-state index in [-0.39, 0.29) is 0 Å². The van der Waals surface area contributed by atoms with Crippen LogP contribution in [0.3, 0.4) is 0 Å². The summed E-state index contributed by atoms with van der Waals surface area (Å²) < 4.78 is 0. The van der Waals surface area contributed by atoms with Crippen LogP contribution in [-0.2, 0) is 6.42 Å². The molecule has 1 aliphatic rings. The minimum atomic E-state index is 0.496. The van der Waals surface area contributed by atoms with Crippen molar-refractivity contribution >= 4 is 11.0 Å². The molecule has 0 aliphatic heterocycles. The summed E-state index contributed by atoms with van der Waals surface area (Å²) in [4.78, 5) is 7.60. The van der Waals surface area contributed by atoms with Gasteiger partial charge in [-0.05, 0) is 48.3 Å². The lowest BCUT2D eigenvalue weighted by Crippen LogP contribution is -2.15. The molecule has 126 valence electrons. The molecule has 3 aromatic rings. The Morgan fingerprint density at radius 2 is 1.92 bits per heavy atom. The molecule has 1 saturated carbocycles. The Kier molecular flexibility index (Phi) is 4.52. The Bertz CT molecular complexity index is 889. The van der Waals surface area contributed by atoms with Gasteiger partial charge in [-0.1, -0.05) is 49.6 Å². The molecule has 3 heteroatoms. The lowest BCUT2D eigenvalue weighted by Gasteiger charge is -2.26. The molecule has 0 saturated heterocycles. The number of nitrogens with one attached hydrogen (secondary N) is 1. The smallest absolute Gasteiger partial charge is 0.138 e. The monoisotopic (exact) mass is 329 g/mol. The van der Waals surface area contributed by atoms with Gasteiger partial charge >= 0.3 is 0 Å². The molecule has 1 fully saturated rings. The maximum Gasteiger partial charge on any atom is 0.138 e. The first kappa shape index (κ1) is 15.9. The van der Waals surface area contributed by atoms with Gasteiger partial charge in [-0.3, -0.25) is 0 Å². The van der Waals surface area contributed by atoms with Gasteiger partial charge in [0.05, 0.1) is 5.56 Å². The van der Waals surface area contributed by atoms with Crippen LogP contribution in [0.5, 0.6) is 0 Å². The summed E-state index contributed by atoms with van der Waals surface area (Å²) in [5, 5.41) is 10.5. The van der Waals surface area contributed by atoms with Gasteiger partial charge in [0, 0.05) is 17.8 Å². The molecule has 1 aliphatic carbocycles. The van der Waals surface area contributed by atoms with E-state index in [1.807, 2.05) is 6.20 Å².